The maximum absolute atomic E-state index is 12.0. The number of carboxylic acid groups (broad SMARTS) is 1. The Morgan fingerprint density at radius 1 is 0.962 bits per heavy atom. The molecule has 8 heteroatoms. The zero-order valence-electron chi connectivity index (χ0n) is 15.6. The van der Waals surface area contributed by atoms with Crippen molar-refractivity contribution in [3.05, 3.63) is 12.2 Å². The van der Waals surface area contributed by atoms with Gasteiger partial charge in [0.2, 0.25) is 0 Å². The summed E-state index contributed by atoms with van der Waals surface area (Å²) in [6.07, 6.45) is 4.89. The highest BCUT2D eigenvalue weighted by atomic mass is 17.2. The van der Waals surface area contributed by atoms with E-state index in [4.69, 9.17) is 24.4 Å². The van der Waals surface area contributed by atoms with Crippen molar-refractivity contribution in [2.24, 2.45) is 17.3 Å². The smallest absolute Gasteiger partial charge is 0.311 e. The average Bonchev–Trinajstić information content (AvgIpc) is 2.63. The third-order valence-corrected chi connectivity index (χ3v) is 4.38. The number of esters is 2. The summed E-state index contributed by atoms with van der Waals surface area (Å²) in [6, 6.07) is 0. The van der Waals surface area contributed by atoms with Crippen LogP contribution < -0.4 is 0 Å². The molecule has 0 aromatic heterocycles. The Balaban J connectivity index is 2.12. The Morgan fingerprint density at radius 2 is 1.50 bits per heavy atom. The molecule has 2 atom stereocenters. The van der Waals surface area contributed by atoms with Gasteiger partial charge in [-0.2, -0.15) is 0 Å². The molecule has 0 saturated heterocycles. The summed E-state index contributed by atoms with van der Waals surface area (Å²) < 4.78 is 10.1. The first-order valence-electron chi connectivity index (χ1n) is 8.75. The summed E-state index contributed by atoms with van der Waals surface area (Å²) in [5.74, 6) is -3.30. The summed E-state index contributed by atoms with van der Waals surface area (Å²) in [7, 11) is 0. The van der Waals surface area contributed by atoms with E-state index in [1.54, 1.807) is 26.0 Å². The SMILES string of the molecule is CCC(C)(C)C(=O)OCCOOCCOC(=O)C1CC=CCC1C(=O)O. The van der Waals surface area contributed by atoms with E-state index in [9.17, 15) is 14.4 Å². The predicted molar refractivity (Wildman–Crippen MR) is 90.9 cm³/mol. The summed E-state index contributed by atoms with van der Waals surface area (Å²) >= 11 is 0. The predicted octanol–water partition coefficient (Wildman–Crippen LogP) is 2.12. The number of allylic oxidation sites excluding steroid dienone is 2. The van der Waals surface area contributed by atoms with Gasteiger partial charge in [-0.25, -0.2) is 9.78 Å². The number of carbonyl (C=O) groups excluding carboxylic acids is 2. The molecule has 0 spiro atoms. The van der Waals surface area contributed by atoms with Crippen LogP contribution in [0.4, 0.5) is 0 Å². The molecule has 148 valence electrons. The highest BCUT2D eigenvalue weighted by Crippen LogP contribution is 2.27. The van der Waals surface area contributed by atoms with Crippen molar-refractivity contribution in [2.75, 3.05) is 26.4 Å². The third kappa shape index (κ3) is 7.13. The van der Waals surface area contributed by atoms with Crippen molar-refractivity contribution in [2.45, 2.75) is 40.0 Å². The quantitative estimate of drug-likeness (QED) is 0.193. The molecule has 1 rings (SSSR count). The van der Waals surface area contributed by atoms with E-state index in [0.29, 0.717) is 19.3 Å². The van der Waals surface area contributed by atoms with Gasteiger partial charge in [0.25, 0.3) is 0 Å². The summed E-state index contributed by atoms with van der Waals surface area (Å²) in [4.78, 5) is 44.5. The number of ether oxygens (including phenoxy) is 2. The summed E-state index contributed by atoms with van der Waals surface area (Å²) in [6.45, 7) is 5.60. The first-order chi connectivity index (χ1) is 12.3. The van der Waals surface area contributed by atoms with Crippen molar-refractivity contribution in [3.8, 4) is 0 Å². The first kappa shape index (κ1) is 22.1. The molecule has 1 aliphatic rings. The molecule has 0 radical (unpaired) electrons. The van der Waals surface area contributed by atoms with Crippen LogP contribution in [0.25, 0.3) is 0 Å². The second kappa shape index (κ2) is 10.9. The van der Waals surface area contributed by atoms with Gasteiger partial charge in [0, 0.05) is 0 Å². The highest BCUT2D eigenvalue weighted by molar-refractivity contribution is 5.81. The van der Waals surface area contributed by atoms with E-state index in [2.05, 4.69) is 0 Å². The van der Waals surface area contributed by atoms with Crippen LogP contribution in [0, 0.1) is 17.3 Å². The van der Waals surface area contributed by atoms with E-state index in [1.807, 2.05) is 6.92 Å². The van der Waals surface area contributed by atoms with Crippen molar-refractivity contribution in [1.82, 2.24) is 0 Å². The molecule has 0 heterocycles. The lowest BCUT2D eigenvalue weighted by Gasteiger charge is -2.23. The van der Waals surface area contributed by atoms with Gasteiger partial charge in [0.1, 0.15) is 26.4 Å². The molecule has 26 heavy (non-hydrogen) atoms. The maximum Gasteiger partial charge on any atom is 0.311 e. The van der Waals surface area contributed by atoms with E-state index in [0.717, 1.165) is 0 Å². The number of hydrogen-bond acceptors (Lipinski definition) is 7. The summed E-state index contributed by atoms with van der Waals surface area (Å²) in [5, 5.41) is 9.13. The monoisotopic (exact) mass is 372 g/mol. The van der Waals surface area contributed by atoms with Crippen LogP contribution in [-0.2, 0) is 33.6 Å². The molecule has 1 aliphatic carbocycles. The largest absolute Gasteiger partial charge is 0.481 e. The highest BCUT2D eigenvalue weighted by Gasteiger charge is 2.35. The van der Waals surface area contributed by atoms with Crippen LogP contribution in [0.1, 0.15) is 40.0 Å². The van der Waals surface area contributed by atoms with Gasteiger partial charge >= 0.3 is 17.9 Å². The minimum Gasteiger partial charge on any atom is -0.481 e. The standard InChI is InChI=1S/C18H28O8/c1-4-18(2,3)17(22)24-10-12-26-25-11-9-23-16(21)14-8-6-5-7-13(14)15(19)20/h5-6,13-14H,4,7-12H2,1-3H3,(H,19,20). The van der Waals surface area contributed by atoms with Gasteiger partial charge < -0.3 is 14.6 Å². The molecule has 0 aromatic carbocycles. The number of rotatable bonds is 11. The third-order valence-electron chi connectivity index (χ3n) is 4.38. The van der Waals surface area contributed by atoms with Crippen molar-refractivity contribution in [1.29, 1.82) is 0 Å². The maximum atomic E-state index is 12.0. The Morgan fingerprint density at radius 3 is 2.04 bits per heavy atom. The Bertz CT molecular complexity index is 511. The van der Waals surface area contributed by atoms with Crippen LogP contribution in [0.2, 0.25) is 0 Å². The van der Waals surface area contributed by atoms with E-state index >= 15 is 0 Å². The molecule has 8 nitrogen and oxygen atoms in total. The van der Waals surface area contributed by atoms with Gasteiger partial charge in [-0.15, -0.1) is 0 Å². The van der Waals surface area contributed by atoms with Gasteiger partial charge in [0.05, 0.1) is 17.3 Å². The lowest BCUT2D eigenvalue weighted by Crippen LogP contribution is -2.32. The second-order valence-corrected chi connectivity index (χ2v) is 6.68. The van der Waals surface area contributed by atoms with Gasteiger partial charge in [-0.3, -0.25) is 14.4 Å². The zero-order chi connectivity index (χ0) is 19.6. The van der Waals surface area contributed by atoms with Crippen molar-refractivity contribution < 1.29 is 38.7 Å². The second-order valence-electron chi connectivity index (χ2n) is 6.68. The number of carbonyl (C=O) groups is 3. The van der Waals surface area contributed by atoms with E-state index < -0.39 is 29.2 Å². The Labute approximate surface area is 153 Å². The Kier molecular flexibility index (Phi) is 9.29. The molecular weight excluding hydrogens is 344 g/mol. The fourth-order valence-corrected chi connectivity index (χ4v) is 2.26. The van der Waals surface area contributed by atoms with Crippen molar-refractivity contribution >= 4 is 17.9 Å². The van der Waals surface area contributed by atoms with Crippen LogP contribution in [0.5, 0.6) is 0 Å². The van der Waals surface area contributed by atoms with Crippen molar-refractivity contribution in [3.63, 3.8) is 0 Å². The van der Waals surface area contributed by atoms with E-state index in [-0.39, 0.29) is 32.4 Å². The fourth-order valence-electron chi connectivity index (χ4n) is 2.26. The van der Waals surface area contributed by atoms with Crippen LogP contribution in [0.3, 0.4) is 0 Å². The lowest BCUT2D eigenvalue weighted by atomic mass is 9.83. The lowest BCUT2D eigenvalue weighted by molar-refractivity contribution is -0.302. The average molecular weight is 372 g/mol. The van der Waals surface area contributed by atoms with Gasteiger partial charge in [-0.05, 0) is 33.1 Å². The van der Waals surface area contributed by atoms with Crippen LogP contribution >= 0.6 is 0 Å². The molecule has 0 bridgehead atoms. The molecule has 0 amide bonds. The molecule has 1 N–H and O–H groups in total. The fraction of sp³-hybridized carbons (Fsp3) is 0.722. The minimum absolute atomic E-state index is 0.000433. The van der Waals surface area contributed by atoms with Crippen LogP contribution in [-0.4, -0.2) is 49.4 Å². The van der Waals surface area contributed by atoms with Gasteiger partial charge in [0.15, 0.2) is 0 Å². The molecule has 2 unspecified atom stereocenters. The molecule has 0 aromatic rings. The van der Waals surface area contributed by atoms with Gasteiger partial charge in [-0.1, -0.05) is 19.1 Å². The number of aliphatic carboxylic acids is 1. The number of hydrogen-bond donors (Lipinski definition) is 1. The normalized spacial score (nSPS) is 19.8. The molecule has 0 fully saturated rings. The minimum atomic E-state index is -1.00. The Hall–Kier alpha value is -1.93. The van der Waals surface area contributed by atoms with E-state index in [1.165, 1.54) is 0 Å². The molecule has 0 aliphatic heterocycles. The zero-order valence-corrected chi connectivity index (χ0v) is 15.6. The van der Waals surface area contributed by atoms with Crippen LogP contribution in [0.15, 0.2) is 12.2 Å². The number of carboxylic acids is 1. The first-order valence-corrected chi connectivity index (χ1v) is 8.75. The summed E-state index contributed by atoms with van der Waals surface area (Å²) in [5.41, 5.74) is -0.531. The molecular formula is C18H28O8. The topological polar surface area (TPSA) is 108 Å². The molecule has 0 saturated carbocycles.